The van der Waals surface area contributed by atoms with Crippen LogP contribution in [0.3, 0.4) is 0 Å². The van der Waals surface area contributed by atoms with E-state index in [-0.39, 0.29) is 0 Å². The van der Waals surface area contributed by atoms with Crippen molar-refractivity contribution < 1.29 is 4.74 Å². The van der Waals surface area contributed by atoms with Crippen LogP contribution in [0.1, 0.15) is 25.7 Å². The van der Waals surface area contributed by atoms with E-state index in [1.807, 2.05) is 0 Å². The summed E-state index contributed by atoms with van der Waals surface area (Å²) in [4.78, 5) is 0. The molecular formula is C7H13BrO. The molecule has 0 spiro atoms. The van der Waals surface area contributed by atoms with Crippen LogP contribution in [-0.2, 0) is 4.74 Å². The Bertz CT molecular complexity index is 71.3. The van der Waals surface area contributed by atoms with E-state index in [0.29, 0.717) is 6.10 Å². The molecule has 0 aromatic rings. The molecule has 0 aromatic carbocycles. The molecule has 0 aromatic heterocycles. The van der Waals surface area contributed by atoms with Gasteiger partial charge in [-0.05, 0) is 25.7 Å². The van der Waals surface area contributed by atoms with Crippen LogP contribution < -0.4 is 0 Å². The fraction of sp³-hybridized carbons (Fsp3) is 1.00. The van der Waals surface area contributed by atoms with Crippen LogP contribution >= 0.6 is 15.9 Å². The second-order valence-corrected chi connectivity index (χ2v) is 3.26. The van der Waals surface area contributed by atoms with E-state index in [9.17, 15) is 0 Å². The Labute approximate surface area is 64.9 Å². The second kappa shape index (κ2) is 4.29. The molecule has 1 nitrogen and oxygen atoms in total. The second-order valence-electron chi connectivity index (χ2n) is 2.47. The van der Waals surface area contributed by atoms with E-state index in [1.165, 1.54) is 19.3 Å². The van der Waals surface area contributed by atoms with Gasteiger partial charge in [-0.1, -0.05) is 15.9 Å². The van der Waals surface area contributed by atoms with E-state index in [2.05, 4.69) is 15.9 Å². The van der Waals surface area contributed by atoms with Crippen LogP contribution in [0.2, 0.25) is 0 Å². The monoisotopic (exact) mass is 192 g/mol. The molecule has 0 heterocycles. The molecule has 1 aliphatic rings. The summed E-state index contributed by atoms with van der Waals surface area (Å²) in [5.74, 6) is 0. The van der Waals surface area contributed by atoms with Crippen molar-refractivity contribution in [1.82, 2.24) is 0 Å². The summed E-state index contributed by atoms with van der Waals surface area (Å²) in [5, 5.41) is 1.07. The summed E-state index contributed by atoms with van der Waals surface area (Å²) >= 11 is 3.36. The minimum absolute atomic E-state index is 0.615. The molecule has 1 rings (SSSR count). The highest BCUT2D eigenvalue weighted by Gasteiger charge is 2.16. The Balaban J connectivity index is 1.80. The Morgan fingerprint density at radius 2 is 2.22 bits per heavy atom. The zero-order valence-electron chi connectivity index (χ0n) is 5.61. The molecule has 2 heteroatoms. The third-order valence-electron chi connectivity index (χ3n) is 1.68. The summed E-state index contributed by atoms with van der Waals surface area (Å²) in [5.41, 5.74) is 0. The van der Waals surface area contributed by atoms with Crippen molar-refractivity contribution in [1.29, 1.82) is 0 Å². The molecule has 1 aliphatic carbocycles. The van der Waals surface area contributed by atoms with Crippen LogP contribution in [0.5, 0.6) is 0 Å². The maximum absolute atomic E-state index is 5.49. The minimum Gasteiger partial charge on any atom is -0.378 e. The first-order valence-corrected chi connectivity index (χ1v) is 4.73. The van der Waals surface area contributed by atoms with Gasteiger partial charge in [0.2, 0.25) is 0 Å². The highest BCUT2D eigenvalue weighted by Crippen LogP contribution is 2.21. The average Bonchev–Trinajstić information content (AvgIpc) is 1.76. The zero-order valence-corrected chi connectivity index (χ0v) is 7.19. The maximum Gasteiger partial charge on any atom is 0.0575 e. The fourth-order valence-corrected chi connectivity index (χ4v) is 1.07. The smallest absolute Gasteiger partial charge is 0.0575 e. The number of halogens is 1. The average molecular weight is 193 g/mol. The summed E-state index contributed by atoms with van der Waals surface area (Å²) in [7, 11) is 0. The van der Waals surface area contributed by atoms with E-state index < -0.39 is 0 Å². The third-order valence-corrected chi connectivity index (χ3v) is 2.24. The van der Waals surface area contributed by atoms with Crippen molar-refractivity contribution in [3.8, 4) is 0 Å². The summed E-state index contributed by atoms with van der Waals surface area (Å²) in [6.45, 7) is 0.940. The lowest BCUT2D eigenvalue weighted by molar-refractivity contribution is 0.00331. The Morgan fingerprint density at radius 3 is 2.67 bits per heavy atom. The molecule has 54 valence electrons. The van der Waals surface area contributed by atoms with Gasteiger partial charge in [-0.2, -0.15) is 0 Å². The molecule has 0 radical (unpaired) electrons. The maximum atomic E-state index is 5.49. The van der Waals surface area contributed by atoms with Gasteiger partial charge < -0.3 is 4.74 Å². The third kappa shape index (κ3) is 2.67. The van der Waals surface area contributed by atoms with Crippen molar-refractivity contribution in [2.75, 3.05) is 11.9 Å². The molecule has 9 heavy (non-hydrogen) atoms. The summed E-state index contributed by atoms with van der Waals surface area (Å²) in [6, 6.07) is 0. The topological polar surface area (TPSA) is 9.23 Å². The lowest BCUT2D eigenvalue weighted by atomic mass is 9.96. The molecule has 0 atom stereocenters. The first-order valence-electron chi connectivity index (χ1n) is 3.61. The molecule has 0 aliphatic heterocycles. The molecule has 1 saturated carbocycles. The fourth-order valence-electron chi connectivity index (χ4n) is 0.842. The van der Waals surface area contributed by atoms with E-state index in [1.54, 1.807) is 0 Å². The zero-order chi connectivity index (χ0) is 6.53. The Morgan fingerprint density at radius 1 is 1.44 bits per heavy atom. The highest BCUT2D eigenvalue weighted by atomic mass is 79.9. The Hall–Kier alpha value is 0.440. The first-order chi connectivity index (χ1) is 4.43. The van der Waals surface area contributed by atoms with Crippen molar-refractivity contribution in [3.63, 3.8) is 0 Å². The summed E-state index contributed by atoms with van der Waals surface area (Å²) in [6.07, 6.45) is 5.73. The van der Waals surface area contributed by atoms with Crippen molar-refractivity contribution >= 4 is 15.9 Å². The van der Waals surface area contributed by atoms with Crippen LogP contribution in [0.15, 0.2) is 0 Å². The van der Waals surface area contributed by atoms with Crippen LogP contribution in [-0.4, -0.2) is 18.0 Å². The molecule has 1 fully saturated rings. The van der Waals surface area contributed by atoms with E-state index in [0.717, 1.165) is 18.4 Å². The van der Waals surface area contributed by atoms with Crippen LogP contribution in [0, 0.1) is 0 Å². The van der Waals surface area contributed by atoms with Crippen LogP contribution in [0.25, 0.3) is 0 Å². The number of rotatable bonds is 4. The first kappa shape index (κ1) is 7.55. The van der Waals surface area contributed by atoms with Gasteiger partial charge in [-0.25, -0.2) is 0 Å². The number of hydrogen-bond donors (Lipinski definition) is 0. The van der Waals surface area contributed by atoms with E-state index in [4.69, 9.17) is 4.74 Å². The highest BCUT2D eigenvalue weighted by molar-refractivity contribution is 9.09. The summed E-state index contributed by atoms with van der Waals surface area (Å²) < 4.78 is 5.49. The number of hydrogen-bond acceptors (Lipinski definition) is 1. The lowest BCUT2D eigenvalue weighted by Crippen LogP contribution is -2.21. The molecule has 0 unspecified atom stereocenters. The quantitative estimate of drug-likeness (QED) is 0.491. The predicted octanol–water partition coefficient (Wildman–Crippen LogP) is 2.34. The van der Waals surface area contributed by atoms with Gasteiger partial charge >= 0.3 is 0 Å². The van der Waals surface area contributed by atoms with Gasteiger partial charge in [0.25, 0.3) is 0 Å². The Kier molecular flexibility index (Phi) is 3.59. The standard InChI is InChI=1S/C7H13BrO/c8-5-2-6-9-7-3-1-4-7/h7H,1-6H2. The molecule has 0 bridgehead atoms. The molecule has 0 saturated heterocycles. The van der Waals surface area contributed by atoms with Gasteiger partial charge in [0.05, 0.1) is 6.10 Å². The number of alkyl halides is 1. The van der Waals surface area contributed by atoms with Crippen molar-refractivity contribution in [2.24, 2.45) is 0 Å². The lowest BCUT2D eigenvalue weighted by Gasteiger charge is -2.25. The van der Waals surface area contributed by atoms with Gasteiger partial charge in [0, 0.05) is 11.9 Å². The van der Waals surface area contributed by atoms with Crippen molar-refractivity contribution in [3.05, 3.63) is 0 Å². The van der Waals surface area contributed by atoms with Gasteiger partial charge in [0.1, 0.15) is 0 Å². The number of ether oxygens (including phenoxy) is 1. The largest absolute Gasteiger partial charge is 0.378 e. The van der Waals surface area contributed by atoms with Gasteiger partial charge in [0.15, 0.2) is 0 Å². The molecular weight excluding hydrogens is 180 g/mol. The minimum atomic E-state index is 0.615. The molecule has 0 N–H and O–H groups in total. The normalized spacial score (nSPS) is 19.7. The van der Waals surface area contributed by atoms with Crippen LogP contribution in [0.4, 0.5) is 0 Å². The SMILES string of the molecule is BrCCCOC1CCC1. The predicted molar refractivity (Wildman–Crippen MR) is 42.0 cm³/mol. The molecule has 0 amide bonds. The van der Waals surface area contributed by atoms with Gasteiger partial charge in [-0.15, -0.1) is 0 Å². The van der Waals surface area contributed by atoms with Crippen molar-refractivity contribution in [2.45, 2.75) is 31.8 Å². The van der Waals surface area contributed by atoms with Gasteiger partial charge in [-0.3, -0.25) is 0 Å². The van der Waals surface area contributed by atoms with E-state index >= 15 is 0 Å².